The standard InChI is InChI=1S/C16H15FN2O/c1-9-6-10(2)15(11(3)7-9)19-14-5-4-12(17)8-13(14)18-16(19)20/h4-8H,1-3H3,(H,18,20). The average Bonchev–Trinajstić information content (AvgIpc) is 2.64. The Kier molecular flexibility index (Phi) is 2.74. The SMILES string of the molecule is Cc1cc(C)c(-n2c(=O)[nH]c3cc(F)ccc32)c(C)c1. The van der Waals surface area contributed by atoms with Crippen LogP contribution in [0.1, 0.15) is 16.7 Å². The summed E-state index contributed by atoms with van der Waals surface area (Å²) >= 11 is 0. The quantitative estimate of drug-likeness (QED) is 0.723. The fraction of sp³-hybridized carbons (Fsp3) is 0.188. The second-order valence-corrected chi connectivity index (χ2v) is 5.17. The summed E-state index contributed by atoms with van der Waals surface area (Å²) in [5.74, 6) is -0.358. The molecule has 1 aromatic heterocycles. The highest BCUT2D eigenvalue weighted by atomic mass is 19.1. The predicted molar refractivity (Wildman–Crippen MR) is 78.1 cm³/mol. The molecule has 102 valence electrons. The highest BCUT2D eigenvalue weighted by Crippen LogP contribution is 2.23. The smallest absolute Gasteiger partial charge is 0.305 e. The zero-order valence-corrected chi connectivity index (χ0v) is 11.6. The Hall–Kier alpha value is -2.36. The number of aromatic nitrogens is 2. The van der Waals surface area contributed by atoms with E-state index in [1.165, 1.54) is 12.1 Å². The summed E-state index contributed by atoms with van der Waals surface area (Å²) in [4.78, 5) is 14.9. The van der Waals surface area contributed by atoms with E-state index in [1.54, 1.807) is 10.6 Å². The lowest BCUT2D eigenvalue weighted by Crippen LogP contribution is -2.16. The zero-order valence-electron chi connectivity index (χ0n) is 11.6. The highest BCUT2D eigenvalue weighted by molar-refractivity contribution is 5.78. The summed E-state index contributed by atoms with van der Waals surface area (Å²) in [6, 6.07) is 8.41. The molecule has 0 saturated heterocycles. The third kappa shape index (κ3) is 1.84. The number of aromatic amines is 1. The maximum atomic E-state index is 13.3. The average molecular weight is 270 g/mol. The van der Waals surface area contributed by atoms with E-state index in [2.05, 4.69) is 4.98 Å². The van der Waals surface area contributed by atoms with Crippen LogP contribution in [0.25, 0.3) is 16.7 Å². The van der Waals surface area contributed by atoms with Crippen LogP contribution in [-0.4, -0.2) is 9.55 Å². The van der Waals surface area contributed by atoms with Crippen molar-refractivity contribution in [2.45, 2.75) is 20.8 Å². The maximum absolute atomic E-state index is 13.3. The Balaban J connectivity index is 2.41. The number of hydrogen-bond donors (Lipinski definition) is 1. The molecule has 0 unspecified atom stereocenters. The summed E-state index contributed by atoms with van der Waals surface area (Å²) < 4.78 is 14.9. The number of aryl methyl sites for hydroxylation is 3. The molecule has 1 N–H and O–H groups in total. The topological polar surface area (TPSA) is 37.8 Å². The van der Waals surface area contributed by atoms with Crippen molar-refractivity contribution < 1.29 is 4.39 Å². The second-order valence-electron chi connectivity index (χ2n) is 5.17. The molecular formula is C16H15FN2O. The molecule has 0 aliphatic carbocycles. The van der Waals surface area contributed by atoms with Crippen LogP contribution in [-0.2, 0) is 0 Å². The van der Waals surface area contributed by atoms with Gasteiger partial charge in [-0.3, -0.25) is 4.57 Å². The van der Waals surface area contributed by atoms with Gasteiger partial charge >= 0.3 is 5.69 Å². The Labute approximate surface area is 115 Å². The van der Waals surface area contributed by atoms with Gasteiger partial charge in [0.05, 0.1) is 16.7 Å². The van der Waals surface area contributed by atoms with Gasteiger partial charge in [-0.15, -0.1) is 0 Å². The van der Waals surface area contributed by atoms with E-state index in [9.17, 15) is 9.18 Å². The summed E-state index contributed by atoms with van der Waals surface area (Å²) in [6.07, 6.45) is 0. The van der Waals surface area contributed by atoms with Crippen LogP contribution in [0.3, 0.4) is 0 Å². The molecule has 3 aromatic rings. The molecule has 0 radical (unpaired) electrons. The number of nitrogens with one attached hydrogen (secondary N) is 1. The van der Waals surface area contributed by atoms with E-state index in [4.69, 9.17) is 0 Å². The molecule has 4 heteroatoms. The van der Waals surface area contributed by atoms with Crippen LogP contribution < -0.4 is 5.69 Å². The lowest BCUT2D eigenvalue weighted by Gasteiger charge is -2.12. The van der Waals surface area contributed by atoms with Crippen molar-refractivity contribution in [2.75, 3.05) is 0 Å². The third-order valence-corrected chi connectivity index (χ3v) is 3.50. The third-order valence-electron chi connectivity index (χ3n) is 3.50. The highest BCUT2D eigenvalue weighted by Gasteiger charge is 2.13. The lowest BCUT2D eigenvalue weighted by atomic mass is 10.0. The Bertz CT molecular complexity index is 851. The molecule has 0 bridgehead atoms. The summed E-state index contributed by atoms with van der Waals surface area (Å²) in [7, 11) is 0. The van der Waals surface area contributed by atoms with Crippen molar-refractivity contribution in [2.24, 2.45) is 0 Å². The van der Waals surface area contributed by atoms with Crippen molar-refractivity contribution in [3.05, 3.63) is 63.3 Å². The van der Waals surface area contributed by atoms with Crippen LogP contribution in [0, 0.1) is 26.6 Å². The molecule has 3 nitrogen and oxygen atoms in total. The molecule has 0 aliphatic rings. The van der Waals surface area contributed by atoms with Crippen molar-refractivity contribution in [1.82, 2.24) is 9.55 Å². The van der Waals surface area contributed by atoms with Crippen LogP contribution in [0.15, 0.2) is 35.1 Å². The van der Waals surface area contributed by atoms with Crippen LogP contribution in [0.2, 0.25) is 0 Å². The van der Waals surface area contributed by atoms with E-state index in [1.807, 2.05) is 32.9 Å². The molecule has 1 heterocycles. The number of nitrogens with zero attached hydrogens (tertiary/aromatic N) is 1. The van der Waals surface area contributed by atoms with Crippen LogP contribution >= 0.6 is 0 Å². The summed E-state index contributed by atoms with van der Waals surface area (Å²) in [6.45, 7) is 5.98. The summed E-state index contributed by atoms with van der Waals surface area (Å²) in [5.41, 5.74) is 5.01. The largest absolute Gasteiger partial charge is 0.331 e. The van der Waals surface area contributed by atoms with Gasteiger partial charge < -0.3 is 4.98 Å². The fourth-order valence-corrected chi connectivity index (χ4v) is 2.83. The molecule has 0 spiro atoms. The molecule has 2 aromatic carbocycles. The van der Waals surface area contributed by atoms with E-state index >= 15 is 0 Å². The van der Waals surface area contributed by atoms with Gasteiger partial charge in [0.25, 0.3) is 0 Å². The first-order chi connectivity index (χ1) is 9.47. The number of halogens is 1. The van der Waals surface area contributed by atoms with Crippen molar-refractivity contribution in [3.8, 4) is 5.69 Å². The molecule has 0 fully saturated rings. The number of H-pyrrole nitrogens is 1. The van der Waals surface area contributed by atoms with E-state index in [0.717, 1.165) is 22.4 Å². The fourth-order valence-electron chi connectivity index (χ4n) is 2.83. The first-order valence-corrected chi connectivity index (χ1v) is 6.46. The van der Waals surface area contributed by atoms with Gasteiger partial charge in [0.1, 0.15) is 5.82 Å². The molecule has 20 heavy (non-hydrogen) atoms. The van der Waals surface area contributed by atoms with Crippen LogP contribution in [0.5, 0.6) is 0 Å². The minimum absolute atomic E-state index is 0.249. The zero-order chi connectivity index (χ0) is 14.4. The predicted octanol–water partition coefficient (Wildman–Crippen LogP) is 3.38. The van der Waals surface area contributed by atoms with Crippen molar-refractivity contribution >= 4 is 11.0 Å². The van der Waals surface area contributed by atoms with E-state index < -0.39 is 0 Å². The maximum Gasteiger partial charge on any atom is 0.331 e. The number of fused-ring (bicyclic) bond motifs is 1. The van der Waals surface area contributed by atoms with Gasteiger partial charge in [-0.05, 0) is 50.1 Å². The van der Waals surface area contributed by atoms with Gasteiger partial charge in [-0.1, -0.05) is 17.7 Å². The molecule has 3 rings (SSSR count). The number of rotatable bonds is 1. The van der Waals surface area contributed by atoms with Gasteiger partial charge in [0, 0.05) is 0 Å². The normalized spacial score (nSPS) is 11.2. The molecule has 0 aliphatic heterocycles. The molecular weight excluding hydrogens is 255 g/mol. The first kappa shape index (κ1) is 12.7. The van der Waals surface area contributed by atoms with Gasteiger partial charge in [-0.25, -0.2) is 9.18 Å². The van der Waals surface area contributed by atoms with Crippen molar-refractivity contribution in [3.63, 3.8) is 0 Å². The molecule has 0 atom stereocenters. The monoisotopic (exact) mass is 270 g/mol. The van der Waals surface area contributed by atoms with Gasteiger partial charge in [0.2, 0.25) is 0 Å². The van der Waals surface area contributed by atoms with Crippen LogP contribution in [0.4, 0.5) is 4.39 Å². The number of hydrogen-bond acceptors (Lipinski definition) is 1. The first-order valence-electron chi connectivity index (χ1n) is 6.46. The molecule has 0 amide bonds. The van der Waals surface area contributed by atoms with E-state index in [0.29, 0.717) is 11.0 Å². The Morgan fingerprint density at radius 1 is 1.05 bits per heavy atom. The summed E-state index contributed by atoms with van der Waals surface area (Å²) in [5, 5.41) is 0. The minimum atomic E-state index is -0.358. The number of benzene rings is 2. The van der Waals surface area contributed by atoms with E-state index in [-0.39, 0.29) is 11.5 Å². The van der Waals surface area contributed by atoms with Gasteiger partial charge in [0.15, 0.2) is 0 Å². The van der Waals surface area contributed by atoms with Gasteiger partial charge in [-0.2, -0.15) is 0 Å². The second kappa shape index (κ2) is 4.34. The van der Waals surface area contributed by atoms with Crippen molar-refractivity contribution in [1.29, 1.82) is 0 Å². The lowest BCUT2D eigenvalue weighted by molar-refractivity contribution is 0.629. The Morgan fingerprint density at radius 2 is 1.70 bits per heavy atom. The minimum Gasteiger partial charge on any atom is -0.305 e. The Morgan fingerprint density at radius 3 is 2.35 bits per heavy atom. The number of imidazole rings is 1. The molecule has 0 saturated carbocycles.